The lowest BCUT2D eigenvalue weighted by Crippen LogP contribution is -2.35. The third-order valence-electron chi connectivity index (χ3n) is 4.56. The largest absolute Gasteiger partial charge is 0.494 e. The van der Waals surface area contributed by atoms with Crippen molar-refractivity contribution in [2.45, 2.75) is 25.4 Å². The molecule has 142 valence electrons. The number of hydrogen-bond acceptors (Lipinski definition) is 4. The van der Waals surface area contributed by atoms with E-state index in [2.05, 4.69) is 0 Å². The minimum Gasteiger partial charge on any atom is -0.494 e. The summed E-state index contributed by atoms with van der Waals surface area (Å²) in [7, 11) is 1.38. The van der Waals surface area contributed by atoms with Crippen LogP contribution in [0.4, 0.5) is 4.39 Å². The number of methoxy groups -OCH3 is 1. The van der Waals surface area contributed by atoms with Crippen molar-refractivity contribution in [1.82, 2.24) is 4.90 Å². The number of carbonyl (C=O) groups is 2. The zero-order chi connectivity index (χ0) is 19.2. The summed E-state index contributed by atoms with van der Waals surface area (Å²) in [5.74, 6) is -1.23. The van der Waals surface area contributed by atoms with Crippen LogP contribution in [0.15, 0.2) is 48.5 Å². The number of hydrogen-bond donors (Lipinski definition) is 0. The fourth-order valence-electron chi connectivity index (χ4n) is 3.15. The van der Waals surface area contributed by atoms with Crippen LogP contribution in [0.1, 0.15) is 30.1 Å². The van der Waals surface area contributed by atoms with Gasteiger partial charge in [0.2, 0.25) is 6.10 Å². The molecular formula is C21H22FNO4. The lowest BCUT2D eigenvalue weighted by Gasteiger charge is -2.23. The Hall–Kier alpha value is -2.89. The van der Waals surface area contributed by atoms with Gasteiger partial charge in [-0.2, -0.15) is 0 Å². The molecule has 27 heavy (non-hydrogen) atoms. The highest BCUT2D eigenvalue weighted by Gasteiger charge is 2.30. The number of nitrogens with zero attached hydrogens (tertiary/aromatic N) is 1. The summed E-state index contributed by atoms with van der Waals surface area (Å²) in [6.07, 6.45) is 0.788. The highest BCUT2D eigenvalue weighted by Crippen LogP contribution is 2.24. The number of benzene rings is 2. The molecule has 0 aliphatic carbocycles. The molecule has 1 fully saturated rings. The van der Waals surface area contributed by atoms with E-state index in [9.17, 15) is 14.0 Å². The van der Waals surface area contributed by atoms with Gasteiger partial charge in [-0.1, -0.05) is 36.4 Å². The third-order valence-corrected chi connectivity index (χ3v) is 4.56. The molecule has 1 aliphatic rings. The van der Waals surface area contributed by atoms with Gasteiger partial charge >= 0.3 is 5.97 Å². The number of carbonyl (C=O) groups excluding carboxylic acids is 2. The molecule has 6 heteroatoms. The Kier molecular flexibility index (Phi) is 6.06. The first-order chi connectivity index (χ1) is 13.1. The Morgan fingerprint density at radius 3 is 2.44 bits per heavy atom. The summed E-state index contributed by atoms with van der Waals surface area (Å²) in [6.45, 7) is 1.34. The highest BCUT2D eigenvalue weighted by atomic mass is 19.1. The van der Waals surface area contributed by atoms with Crippen LogP contribution in [0, 0.1) is 5.82 Å². The van der Waals surface area contributed by atoms with E-state index < -0.39 is 17.9 Å². The molecule has 1 amide bonds. The van der Waals surface area contributed by atoms with E-state index in [1.54, 1.807) is 35.2 Å². The van der Waals surface area contributed by atoms with Gasteiger partial charge in [0.15, 0.2) is 11.6 Å². The van der Waals surface area contributed by atoms with Gasteiger partial charge in [0, 0.05) is 18.7 Å². The zero-order valence-electron chi connectivity index (χ0n) is 15.2. The summed E-state index contributed by atoms with van der Waals surface area (Å²) >= 11 is 0. The van der Waals surface area contributed by atoms with Crippen LogP contribution >= 0.6 is 0 Å². The van der Waals surface area contributed by atoms with Crippen molar-refractivity contribution in [2.24, 2.45) is 0 Å². The predicted molar refractivity (Wildman–Crippen MR) is 97.7 cm³/mol. The normalized spacial score (nSPS) is 14.7. The van der Waals surface area contributed by atoms with Gasteiger partial charge in [-0.3, -0.25) is 9.59 Å². The van der Waals surface area contributed by atoms with E-state index in [0.29, 0.717) is 24.2 Å². The first kappa shape index (κ1) is 18.9. The van der Waals surface area contributed by atoms with Gasteiger partial charge < -0.3 is 14.4 Å². The van der Waals surface area contributed by atoms with Gasteiger partial charge in [-0.25, -0.2) is 4.39 Å². The summed E-state index contributed by atoms with van der Waals surface area (Å²) in [5.41, 5.74) is 1.09. The van der Waals surface area contributed by atoms with Crippen molar-refractivity contribution in [3.05, 3.63) is 65.5 Å². The molecule has 0 aromatic heterocycles. The van der Waals surface area contributed by atoms with Crippen LogP contribution in [-0.2, 0) is 20.7 Å². The quantitative estimate of drug-likeness (QED) is 0.732. The van der Waals surface area contributed by atoms with Crippen molar-refractivity contribution >= 4 is 11.9 Å². The van der Waals surface area contributed by atoms with Crippen LogP contribution in [0.25, 0.3) is 0 Å². The standard InChI is InChI=1S/C21H22FNO4/c1-26-18-10-9-15(13-17(18)22)14-19(24)27-20(16-7-3-2-4-8-16)21(25)23-11-5-6-12-23/h2-4,7-10,13,20H,5-6,11-12,14H2,1H3/t20-/m1/s1. The summed E-state index contributed by atoms with van der Waals surface area (Å²) in [5, 5.41) is 0. The molecule has 1 aliphatic heterocycles. The fourth-order valence-corrected chi connectivity index (χ4v) is 3.15. The van der Waals surface area contributed by atoms with Gasteiger partial charge in [-0.15, -0.1) is 0 Å². The van der Waals surface area contributed by atoms with Crippen molar-refractivity contribution in [2.75, 3.05) is 20.2 Å². The van der Waals surface area contributed by atoms with Crippen molar-refractivity contribution < 1.29 is 23.5 Å². The Balaban J connectivity index is 1.74. The molecule has 5 nitrogen and oxygen atoms in total. The Bertz CT molecular complexity index is 803. The molecule has 0 unspecified atom stereocenters. The molecule has 1 saturated heterocycles. The smallest absolute Gasteiger partial charge is 0.311 e. The van der Waals surface area contributed by atoms with Gasteiger partial charge in [0.05, 0.1) is 13.5 Å². The van der Waals surface area contributed by atoms with E-state index in [1.807, 2.05) is 6.07 Å². The number of rotatable bonds is 6. The summed E-state index contributed by atoms with van der Waals surface area (Å²) in [6, 6.07) is 13.3. The maximum atomic E-state index is 13.8. The second-order valence-electron chi connectivity index (χ2n) is 6.46. The van der Waals surface area contributed by atoms with Crippen LogP contribution in [0.2, 0.25) is 0 Å². The van der Waals surface area contributed by atoms with E-state index in [-0.39, 0.29) is 18.1 Å². The molecule has 1 atom stereocenters. The van der Waals surface area contributed by atoms with Gasteiger partial charge in [0.25, 0.3) is 5.91 Å². The van der Waals surface area contributed by atoms with Crippen molar-refractivity contribution in [3.63, 3.8) is 0 Å². The second kappa shape index (κ2) is 8.66. The summed E-state index contributed by atoms with van der Waals surface area (Å²) in [4.78, 5) is 27.0. The SMILES string of the molecule is COc1ccc(CC(=O)O[C@@H](C(=O)N2CCCC2)c2ccccc2)cc1F. The number of amides is 1. The lowest BCUT2D eigenvalue weighted by atomic mass is 10.1. The van der Waals surface area contributed by atoms with Crippen LogP contribution in [0.5, 0.6) is 5.75 Å². The van der Waals surface area contributed by atoms with E-state index in [1.165, 1.54) is 19.2 Å². The predicted octanol–water partition coefficient (Wildman–Crippen LogP) is 3.28. The molecular weight excluding hydrogens is 349 g/mol. The average Bonchev–Trinajstić information content (AvgIpc) is 3.21. The third kappa shape index (κ3) is 4.64. The minimum atomic E-state index is -0.986. The van der Waals surface area contributed by atoms with Crippen LogP contribution < -0.4 is 4.74 Å². The van der Waals surface area contributed by atoms with E-state index in [4.69, 9.17) is 9.47 Å². The van der Waals surface area contributed by atoms with E-state index >= 15 is 0 Å². The second-order valence-corrected chi connectivity index (χ2v) is 6.46. The maximum absolute atomic E-state index is 13.8. The zero-order valence-corrected chi connectivity index (χ0v) is 15.2. The topological polar surface area (TPSA) is 55.8 Å². The van der Waals surface area contributed by atoms with Crippen LogP contribution in [-0.4, -0.2) is 37.0 Å². The van der Waals surface area contributed by atoms with Crippen molar-refractivity contribution in [1.29, 1.82) is 0 Å². The first-order valence-corrected chi connectivity index (χ1v) is 8.94. The fraction of sp³-hybridized carbons (Fsp3) is 0.333. The molecule has 0 saturated carbocycles. The number of halogens is 1. The van der Waals surface area contributed by atoms with E-state index in [0.717, 1.165) is 12.8 Å². The van der Waals surface area contributed by atoms with Gasteiger partial charge in [0.1, 0.15) is 0 Å². The molecule has 2 aromatic rings. The number of likely N-dealkylation sites (tertiary alicyclic amines) is 1. The average molecular weight is 371 g/mol. The molecule has 2 aromatic carbocycles. The molecule has 0 spiro atoms. The Morgan fingerprint density at radius 1 is 1.11 bits per heavy atom. The molecule has 1 heterocycles. The molecule has 0 bridgehead atoms. The van der Waals surface area contributed by atoms with Gasteiger partial charge in [-0.05, 0) is 30.5 Å². The number of ether oxygens (including phenoxy) is 2. The monoisotopic (exact) mass is 371 g/mol. The maximum Gasteiger partial charge on any atom is 0.311 e. The molecule has 0 N–H and O–H groups in total. The van der Waals surface area contributed by atoms with Crippen molar-refractivity contribution in [3.8, 4) is 5.75 Å². The summed E-state index contributed by atoms with van der Waals surface area (Å²) < 4.78 is 24.2. The lowest BCUT2D eigenvalue weighted by molar-refractivity contribution is -0.160. The Morgan fingerprint density at radius 2 is 1.81 bits per heavy atom. The highest BCUT2D eigenvalue weighted by molar-refractivity contribution is 5.85. The number of esters is 1. The first-order valence-electron chi connectivity index (χ1n) is 8.94. The minimum absolute atomic E-state index is 0.110. The van der Waals surface area contributed by atoms with Crippen LogP contribution in [0.3, 0.4) is 0 Å². The Labute approximate surface area is 157 Å². The molecule has 0 radical (unpaired) electrons. The molecule has 3 rings (SSSR count).